The first-order valence-electron chi connectivity index (χ1n) is 14.6. The highest BCUT2D eigenvalue weighted by atomic mass is 35.5. The van der Waals surface area contributed by atoms with E-state index < -0.39 is 17.8 Å². The Bertz CT molecular complexity index is 1760. The predicted molar refractivity (Wildman–Crippen MR) is 170 cm³/mol. The average molecular weight is 638 g/mol. The Labute approximate surface area is 263 Å². The molecule has 0 saturated carbocycles. The van der Waals surface area contributed by atoms with Crippen molar-refractivity contribution in [3.8, 4) is 5.69 Å². The molecule has 12 heteroatoms. The highest BCUT2D eigenvalue weighted by Gasteiger charge is 2.30. The molecule has 0 bridgehead atoms. The molecule has 2 aromatic heterocycles. The van der Waals surface area contributed by atoms with Crippen molar-refractivity contribution in [1.82, 2.24) is 14.3 Å². The molecule has 1 aliphatic carbocycles. The number of hydrogen-bond donors (Lipinski definition) is 2. The lowest BCUT2D eigenvalue weighted by molar-refractivity contribution is -0.119. The van der Waals surface area contributed by atoms with Crippen molar-refractivity contribution < 1.29 is 18.7 Å². The highest BCUT2D eigenvalue weighted by molar-refractivity contribution is 7.17. The summed E-state index contributed by atoms with van der Waals surface area (Å²) in [5.41, 5.74) is 2.77. The van der Waals surface area contributed by atoms with Crippen LogP contribution in [0.1, 0.15) is 51.0 Å². The second kappa shape index (κ2) is 12.7. The molecular formula is C32H33ClFN5O4S. The molecular weight excluding hydrogens is 605 g/mol. The maximum Gasteiger partial charge on any atom is 0.295 e. The van der Waals surface area contributed by atoms with E-state index in [1.165, 1.54) is 22.1 Å². The molecule has 2 aromatic carbocycles. The number of nitrogens with one attached hydrogen (secondary N) is 2. The van der Waals surface area contributed by atoms with Gasteiger partial charge >= 0.3 is 0 Å². The maximum atomic E-state index is 14.5. The zero-order valence-electron chi connectivity index (χ0n) is 24.5. The lowest BCUT2D eigenvalue weighted by Gasteiger charge is -2.33. The first kappa shape index (κ1) is 30.3. The van der Waals surface area contributed by atoms with E-state index in [1.54, 1.807) is 30.8 Å². The Kier molecular flexibility index (Phi) is 8.73. The summed E-state index contributed by atoms with van der Waals surface area (Å²) in [7, 11) is 1.77. The zero-order chi connectivity index (χ0) is 31.0. The van der Waals surface area contributed by atoms with Gasteiger partial charge in [0.1, 0.15) is 16.5 Å². The molecule has 1 aliphatic heterocycles. The fourth-order valence-electron chi connectivity index (χ4n) is 5.99. The Morgan fingerprint density at radius 2 is 1.86 bits per heavy atom. The Morgan fingerprint density at radius 3 is 2.64 bits per heavy atom. The molecule has 0 radical (unpaired) electrons. The molecule has 6 rings (SSSR count). The van der Waals surface area contributed by atoms with E-state index in [9.17, 15) is 18.8 Å². The number of benzene rings is 2. The summed E-state index contributed by atoms with van der Waals surface area (Å²) in [6.07, 6.45) is 2.90. The van der Waals surface area contributed by atoms with Crippen LogP contribution in [0.2, 0.25) is 5.02 Å². The number of rotatable bonds is 7. The number of carbonyl (C=O) groups is 2. The van der Waals surface area contributed by atoms with Crippen LogP contribution in [0, 0.1) is 12.7 Å². The summed E-state index contributed by atoms with van der Waals surface area (Å²) in [6.45, 7) is 2.93. The topological polar surface area (TPSA) is 97.6 Å². The van der Waals surface area contributed by atoms with Crippen LogP contribution >= 0.6 is 22.9 Å². The third-order valence-corrected chi connectivity index (χ3v) is 9.82. The number of morpholine rings is 1. The van der Waals surface area contributed by atoms with Gasteiger partial charge in [0.25, 0.3) is 11.5 Å². The fraction of sp³-hybridized carbons (Fsp3) is 0.344. The van der Waals surface area contributed by atoms with Crippen molar-refractivity contribution in [2.75, 3.05) is 36.9 Å². The van der Waals surface area contributed by atoms with Crippen molar-refractivity contribution in [1.29, 1.82) is 0 Å². The summed E-state index contributed by atoms with van der Waals surface area (Å²) in [5, 5.41) is 6.61. The van der Waals surface area contributed by atoms with Gasteiger partial charge in [-0.3, -0.25) is 24.0 Å². The number of ether oxygens (including phenoxy) is 1. The van der Waals surface area contributed by atoms with E-state index in [0.29, 0.717) is 41.6 Å². The van der Waals surface area contributed by atoms with Crippen molar-refractivity contribution in [2.24, 2.45) is 7.05 Å². The standard InChI is InChI=1S/C32H33ClFN5O4S/c1-19-29(32(42)39(37(19)2)20-9-4-3-5-10-20)36-30(41)27-21-11-6-7-14-25(21)44-31(27)35-26(40)18-38-15-16-43-24(17-38)28-22(33)12-8-13-23(28)34/h3-5,8-10,12-13,24H,6-7,11,14-18H2,1-2H3,(H,35,40)(H,36,41). The molecule has 2 amide bonds. The number of thiophene rings is 1. The monoisotopic (exact) mass is 637 g/mol. The molecule has 230 valence electrons. The van der Waals surface area contributed by atoms with E-state index in [-0.39, 0.29) is 34.3 Å². The van der Waals surface area contributed by atoms with Crippen molar-refractivity contribution in [2.45, 2.75) is 38.7 Å². The largest absolute Gasteiger partial charge is 0.371 e. The quantitative estimate of drug-likeness (QED) is 0.280. The van der Waals surface area contributed by atoms with Crippen LogP contribution < -0.4 is 16.2 Å². The van der Waals surface area contributed by atoms with Crippen molar-refractivity contribution in [3.63, 3.8) is 0 Å². The Morgan fingerprint density at radius 1 is 1.09 bits per heavy atom. The number of aryl methyl sites for hydroxylation is 1. The van der Waals surface area contributed by atoms with Crippen LogP contribution in [0.3, 0.4) is 0 Å². The molecule has 2 aliphatic rings. The highest BCUT2D eigenvalue weighted by Crippen LogP contribution is 2.39. The van der Waals surface area contributed by atoms with Gasteiger partial charge in [-0.25, -0.2) is 9.07 Å². The zero-order valence-corrected chi connectivity index (χ0v) is 26.1. The van der Waals surface area contributed by atoms with Crippen LogP contribution in [-0.2, 0) is 29.4 Å². The lowest BCUT2D eigenvalue weighted by atomic mass is 9.95. The minimum atomic E-state index is -0.602. The van der Waals surface area contributed by atoms with Gasteiger partial charge in [0, 0.05) is 35.6 Å². The SMILES string of the molecule is Cc1c(NC(=O)c2c(NC(=O)CN3CCOC(c4c(F)cccc4Cl)C3)sc3c2CCCC3)c(=O)n(-c2ccccc2)n1C. The van der Waals surface area contributed by atoms with Gasteiger partial charge in [0.15, 0.2) is 0 Å². The van der Waals surface area contributed by atoms with E-state index >= 15 is 0 Å². The summed E-state index contributed by atoms with van der Waals surface area (Å²) in [5.74, 6) is -1.16. The minimum absolute atomic E-state index is 0.0368. The predicted octanol–water partition coefficient (Wildman–Crippen LogP) is 5.48. The van der Waals surface area contributed by atoms with Gasteiger partial charge < -0.3 is 15.4 Å². The molecule has 44 heavy (non-hydrogen) atoms. The summed E-state index contributed by atoms with van der Waals surface area (Å²) in [6, 6.07) is 13.7. The molecule has 1 saturated heterocycles. The van der Waals surface area contributed by atoms with Crippen molar-refractivity contribution in [3.05, 3.63) is 97.0 Å². The van der Waals surface area contributed by atoms with Crippen LogP contribution in [0.15, 0.2) is 53.3 Å². The average Bonchev–Trinajstić information content (AvgIpc) is 3.47. The smallest absolute Gasteiger partial charge is 0.295 e. The molecule has 2 N–H and O–H groups in total. The molecule has 1 unspecified atom stereocenters. The fourth-order valence-corrected chi connectivity index (χ4v) is 7.58. The lowest BCUT2D eigenvalue weighted by Crippen LogP contribution is -2.42. The number of carbonyl (C=O) groups excluding carboxylic acids is 2. The molecule has 1 atom stereocenters. The van der Waals surface area contributed by atoms with Crippen LogP contribution in [-0.4, -0.2) is 52.3 Å². The van der Waals surface area contributed by atoms with Crippen LogP contribution in [0.25, 0.3) is 5.69 Å². The first-order valence-corrected chi connectivity index (χ1v) is 15.8. The molecule has 9 nitrogen and oxygen atoms in total. The minimum Gasteiger partial charge on any atom is -0.371 e. The second-order valence-corrected chi connectivity index (χ2v) is 12.6. The maximum absolute atomic E-state index is 14.5. The number of aromatic nitrogens is 2. The number of fused-ring (bicyclic) bond motifs is 1. The van der Waals surface area contributed by atoms with Gasteiger partial charge in [0.2, 0.25) is 5.91 Å². The second-order valence-electron chi connectivity index (χ2n) is 11.1. The number of nitrogens with zero attached hydrogens (tertiary/aromatic N) is 3. The molecule has 0 spiro atoms. The number of para-hydroxylation sites is 1. The van der Waals surface area contributed by atoms with E-state index in [4.69, 9.17) is 16.3 Å². The number of halogens is 2. The van der Waals surface area contributed by atoms with Crippen molar-refractivity contribution >= 4 is 45.4 Å². The van der Waals surface area contributed by atoms with Crippen LogP contribution in [0.5, 0.6) is 0 Å². The Balaban J connectivity index is 1.22. The summed E-state index contributed by atoms with van der Waals surface area (Å²) < 4.78 is 23.6. The van der Waals surface area contributed by atoms with Gasteiger partial charge in [-0.05, 0) is 62.4 Å². The number of anilines is 2. The van der Waals surface area contributed by atoms with Crippen LogP contribution in [0.4, 0.5) is 15.1 Å². The Hall–Kier alpha value is -3.77. The first-order chi connectivity index (χ1) is 21.2. The van der Waals surface area contributed by atoms with Gasteiger partial charge in [-0.15, -0.1) is 11.3 Å². The molecule has 1 fully saturated rings. The normalized spacial score (nSPS) is 16.9. The summed E-state index contributed by atoms with van der Waals surface area (Å²) >= 11 is 7.68. The van der Waals surface area contributed by atoms with Gasteiger partial charge in [0.05, 0.1) is 36.2 Å². The molecule has 3 heterocycles. The number of hydrogen-bond acceptors (Lipinski definition) is 6. The van der Waals surface area contributed by atoms with Gasteiger partial charge in [-0.1, -0.05) is 35.9 Å². The van der Waals surface area contributed by atoms with Gasteiger partial charge in [-0.2, -0.15) is 0 Å². The summed E-state index contributed by atoms with van der Waals surface area (Å²) in [4.78, 5) is 43.7. The third-order valence-electron chi connectivity index (χ3n) is 8.28. The van der Waals surface area contributed by atoms with E-state index in [1.807, 2.05) is 35.2 Å². The molecule has 4 aromatic rings. The third kappa shape index (κ3) is 5.84. The number of amides is 2. The van der Waals surface area contributed by atoms with E-state index in [2.05, 4.69) is 10.6 Å². The van der Waals surface area contributed by atoms with E-state index in [0.717, 1.165) is 36.1 Å².